The van der Waals surface area contributed by atoms with E-state index >= 15 is 0 Å². The second-order valence-electron chi connectivity index (χ2n) is 5.56. The van der Waals surface area contributed by atoms with Gasteiger partial charge in [0.1, 0.15) is 5.56 Å². The van der Waals surface area contributed by atoms with Gasteiger partial charge < -0.3 is 5.11 Å². The molecule has 1 saturated carbocycles. The van der Waals surface area contributed by atoms with Gasteiger partial charge in [-0.3, -0.25) is 4.98 Å². The summed E-state index contributed by atoms with van der Waals surface area (Å²) in [6.07, 6.45) is 7.06. The van der Waals surface area contributed by atoms with Crippen molar-refractivity contribution in [2.24, 2.45) is 0 Å². The predicted molar refractivity (Wildman–Crippen MR) is 72.5 cm³/mol. The summed E-state index contributed by atoms with van der Waals surface area (Å²) >= 11 is 0. The minimum atomic E-state index is -0.869. The zero-order valence-corrected chi connectivity index (χ0v) is 11.0. The van der Waals surface area contributed by atoms with Crippen LogP contribution in [0.4, 0.5) is 0 Å². The number of aromatic nitrogens is 2. The number of carbonyl (C=O) groups is 1. The Kier molecular flexibility index (Phi) is 2.39. The highest BCUT2D eigenvalue weighted by atomic mass is 16.4. The van der Waals surface area contributed by atoms with Crippen molar-refractivity contribution in [2.75, 3.05) is 0 Å². The van der Waals surface area contributed by atoms with E-state index in [1.54, 1.807) is 12.3 Å². The normalized spacial score (nSPS) is 22.8. The van der Waals surface area contributed by atoms with Crippen molar-refractivity contribution in [1.29, 1.82) is 0 Å². The molecule has 1 aliphatic carbocycles. The molecule has 1 aliphatic heterocycles. The third-order valence-corrected chi connectivity index (χ3v) is 4.53. The number of hydrogen-bond donors (Lipinski definition) is 1. The number of hydrogen-bond acceptors (Lipinski definition) is 2. The van der Waals surface area contributed by atoms with E-state index in [4.69, 9.17) is 0 Å². The molecule has 4 heteroatoms. The van der Waals surface area contributed by atoms with Crippen molar-refractivity contribution >= 4 is 5.97 Å². The van der Waals surface area contributed by atoms with Crippen molar-refractivity contribution in [3.63, 3.8) is 0 Å². The number of rotatable bonds is 1. The Morgan fingerprint density at radius 1 is 1.30 bits per heavy atom. The molecule has 3 heterocycles. The lowest BCUT2D eigenvalue weighted by molar-refractivity contribution is -0.716. The number of aromatic carboxylic acids is 1. The van der Waals surface area contributed by atoms with Crippen LogP contribution in [-0.2, 0) is 0 Å². The van der Waals surface area contributed by atoms with E-state index in [1.165, 1.54) is 12.1 Å². The molecule has 0 spiro atoms. The largest absolute Gasteiger partial charge is 0.477 e. The van der Waals surface area contributed by atoms with Crippen LogP contribution in [0.2, 0.25) is 0 Å². The molecule has 2 aliphatic rings. The molecule has 0 saturated heterocycles. The quantitative estimate of drug-likeness (QED) is 0.808. The first kappa shape index (κ1) is 11.6. The molecule has 0 aromatic carbocycles. The molecule has 0 radical (unpaired) electrons. The van der Waals surface area contributed by atoms with Crippen molar-refractivity contribution in [2.45, 2.75) is 31.2 Å². The first-order chi connectivity index (χ1) is 9.75. The molecule has 20 heavy (non-hydrogen) atoms. The average molecular weight is 267 g/mol. The van der Waals surface area contributed by atoms with Gasteiger partial charge in [0.05, 0.1) is 17.2 Å². The van der Waals surface area contributed by atoms with Gasteiger partial charge in [0, 0.05) is 18.7 Å². The molecule has 100 valence electrons. The summed E-state index contributed by atoms with van der Waals surface area (Å²) < 4.78 is 2.16. The van der Waals surface area contributed by atoms with E-state index in [0.717, 1.165) is 24.1 Å². The molecule has 0 amide bonds. The van der Waals surface area contributed by atoms with Crippen LogP contribution in [0, 0.1) is 0 Å². The molecule has 2 atom stereocenters. The molecule has 2 unspecified atom stereocenters. The molecular weight excluding hydrogens is 252 g/mol. The second-order valence-corrected chi connectivity index (χ2v) is 5.56. The van der Waals surface area contributed by atoms with E-state index in [-0.39, 0.29) is 0 Å². The maximum absolute atomic E-state index is 11.2. The number of pyridine rings is 2. The van der Waals surface area contributed by atoms with Gasteiger partial charge in [0.2, 0.25) is 5.69 Å². The van der Waals surface area contributed by atoms with Crippen molar-refractivity contribution < 1.29 is 14.5 Å². The Morgan fingerprint density at radius 2 is 2.20 bits per heavy atom. The maximum atomic E-state index is 11.2. The fourth-order valence-corrected chi connectivity index (χ4v) is 3.67. The lowest BCUT2D eigenvalue weighted by Crippen LogP contribution is -2.46. The summed E-state index contributed by atoms with van der Waals surface area (Å²) in [4.78, 5) is 15.8. The van der Waals surface area contributed by atoms with E-state index in [1.807, 2.05) is 18.3 Å². The van der Waals surface area contributed by atoms with Gasteiger partial charge in [0.25, 0.3) is 0 Å². The van der Waals surface area contributed by atoms with Gasteiger partial charge in [0.15, 0.2) is 12.2 Å². The van der Waals surface area contributed by atoms with Crippen LogP contribution in [0.15, 0.2) is 36.7 Å². The highest BCUT2D eigenvalue weighted by Gasteiger charge is 2.44. The molecule has 1 fully saturated rings. The molecule has 2 aromatic rings. The minimum Gasteiger partial charge on any atom is -0.477 e. The summed E-state index contributed by atoms with van der Waals surface area (Å²) in [5, 5.41) is 9.20. The summed E-state index contributed by atoms with van der Waals surface area (Å²) in [6, 6.07) is 7.98. The van der Waals surface area contributed by atoms with E-state index in [9.17, 15) is 9.90 Å². The van der Waals surface area contributed by atoms with Gasteiger partial charge in [-0.25, -0.2) is 4.79 Å². The fraction of sp³-hybridized carbons (Fsp3) is 0.312. The summed E-state index contributed by atoms with van der Waals surface area (Å²) in [6.45, 7) is 0. The Balaban J connectivity index is 1.98. The Bertz CT molecular complexity index is 711. The highest BCUT2D eigenvalue weighted by molar-refractivity contribution is 5.87. The van der Waals surface area contributed by atoms with Gasteiger partial charge in [-0.2, -0.15) is 4.57 Å². The molecule has 2 aromatic heterocycles. The van der Waals surface area contributed by atoms with Crippen molar-refractivity contribution in [1.82, 2.24) is 4.98 Å². The SMILES string of the molecule is O=C(O)c1ccc2[n+](c1)C1CCCC1c1ncccc1-2. The first-order valence-corrected chi connectivity index (χ1v) is 6.99. The monoisotopic (exact) mass is 267 g/mol. The summed E-state index contributed by atoms with van der Waals surface area (Å²) in [5.74, 6) is -0.445. The van der Waals surface area contributed by atoms with Crippen LogP contribution in [0.5, 0.6) is 0 Å². The Morgan fingerprint density at radius 3 is 3.05 bits per heavy atom. The number of carboxylic acids is 1. The predicted octanol–water partition coefficient (Wildman–Crippen LogP) is 2.56. The lowest BCUT2D eigenvalue weighted by Gasteiger charge is -2.24. The van der Waals surface area contributed by atoms with Gasteiger partial charge in [-0.05, 0) is 31.0 Å². The van der Waals surface area contributed by atoms with Crippen molar-refractivity contribution in [3.05, 3.63) is 47.9 Å². The number of fused-ring (bicyclic) bond motifs is 6. The molecular formula is C16H15N2O2+. The Labute approximate surface area is 116 Å². The minimum absolute atomic E-state index is 0.353. The topological polar surface area (TPSA) is 54.1 Å². The molecule has 4 nitrogen and oxygen atoms in total. The van der Waals surface area contributed by atoms with Gasteiger partial charge >= 0.3 is 5.97 Å². The standard InChI is InChI=1S/C16H14N2O2/c19-16(20)10-6-7-14-12-4-2-8-17-15(12)11-3-1-5-13(11)18(14)9-10/h2,4,6-9,11,13H,1,3,5H2/p+1. The van der Waals surface area contributed by atoms with Crippen LogP contribution in [-0.4, -0.2) is 16.1 Å². The second kappa shape index (κ2) is 4.13. The average Bonchev–Trinajstić information content (AvgIpc) is 2.96. The molecule has 1 N–H and O–H groups in total. The van der Waals surface area contributed by atoms with Crippen LogP contribution >= 0.6 is 0 Å². The van der Waals surface area contributed by atoms with Crippen molar-refractivity contribution in [3.8, 4) is 11.3 Å². The van der Waals surface area contributed by atoms with Gasteiger partial charge in [-0.15, -0.1) is 0 Å². The maximum Gasteiger partial charge on any atom is 0.341 e. The zero-order valence-electron chi connectivity index (χ0n) is 11.0. The first-order valence-electron chi connectivity index (χ1n) is 6.99. The van der Waals surface area contributed by atoms with Gasteiger partial charge in [-0.1, -0.05) is 0 Å². The molecule has 4 rings (SSSR count). The zero-order chi connectivity index (χ0) is 13.7. The summed E-state index contributed by atoms with van der Waals surface area (Å²) in [5.41, 5.74) is 3.76. The third-order valence-electron chi connectivity index (χ3n) is 4.53. The number of nitrogens with zero attached hydrogens (tertiary/aromatic N) is 2. The summed E-state index contributed by atoms with van der Waals surface area (Å²) in [7, 11) is 0. The van der Waals surface area contributed by atoms with Crippen LogP contribution in [0.3, 0.4) is 0 Å². The Hall–Kier alpha value is -2.23. The van der Waals surface area contributed by atoms with Crippen LogP contribution in [0.1, 0.15) is 47.3 Å². The number of carboxylic acid groups (broad SMARTS) is 1. The highest BCUT2D eigenvalue weighted by Crippen LogP contribution is 2.45. The van der Waals surface area contributed by atoms with E-state index in [0.29, 0.717) is 17.5 Å². The lowest BCUT2D eigenvalue weighted by atomic mass is 9.88. The van der Waals surface area contributed by atoms with Crippen LogP contribution < -0.4 is 4.57 Å². The van der Waals surface area contributed by atoms with Crippen LogP contribution in [0.25, 0.3) is 11.3 Å². The smallest absolute Gasteiger partial charge is 0.341 e. The third kappa shape index (κ3) is 1.51. The fourth-order valence-electron chi connectivity index (χ4n) is 3.67. The van der Waals surface area contributed by atoms with E-state index in [2.05, 4.69) is 15.6 Å². The van der Waals surface area contributed by atoms with E-state index < -0.39 is 5.97 Å². The molecule has 0 bridgehead atoms.